The van der Waals surface area contributed by atoms with E-state index in [2.05, 4.69) is 4.98 Å². The highest BCUT2D eigenvalue weighted by Crippen LogP contribution is 2.38. The van der Waals surface area contributed by atoms with E-state index in [1.807, 2.05) is 27.7 Å². The van der Waals surface area contributed by atoms with Gasteiger partial charge in [-0.1, -0.05) is 6.08 Å². The van der Waals surface area contributed by atoms with Gasteiger partial charge >= 0.3 is 7.12 Å². The highest BCUT2D eigenvalue weighted by atomic mass is 16.7. The molecule has 1 aliphatic heterocycles. The lowest BCUT2D eigenvalue weighted by molar-refractivity contribution is 0.00578. The van der Waals surface area contributed by atoms with Crippen molar-refractivity contribution in [2.45, 2.75) is 38.9 Å². The maximum Gasteiger partial charge on any atom is 0.492 e. The van der Waals surface area contributed by atoms with E-state index in [1.54, 1.807) is 18.3 Å². The van der Waals surface area contributed by atoms with Crippen LogP contribution in [0.5, 0.6) is 5.75 Å². The molecule has 2 heterocycles. The molecule has 0 aliphatic carbocycles. The highest BCUT2D eigenvalue weighted by molar-refractivity contribution is 6.55. The minimum Gasteiger partial charge on any atom is -0.493 e. The summed E-state index contributed by atoms with van der Waals surface area (Å²) < 4.78 is 17.0. The van der Waals surface area contributed by atoms with Gasteiger partial charge in [-0.05, 0) is 44.8 Å². The summed E-state index contributed by atoms with van der Waals surface area (Å²) in [7, 11) is 0.931. The molecule has 1 fully saturated rings. The number of aliphatic hydroxyl groups excluding tert-OH is 1. The second-order valence-corrected chi connectivity index (χ2v) is 6.32. The number of nitrogen functional groups attached to an aromatic ring is 1. The molecule has 0 aromatic carbocycles. The summed E-state index contributed by atoms with van der Waals surface area (Å²) in [5, 5.41) is 9.66. The van der Waals surface area contributed by atoms with Gasteiger partial charge in [-0.15, -0.1) is 0 Å². The number of aromatic nitrogens is 1. The second kappa shape index (κ2) is 5.91. The Morgan fingerprint density at radius 2 is 1.95 bits per heavy atom. The number of pyridine rings is 1. The molecule has 22 heavy (non-hydrogen) atoms. The van der Waals surface area contributed by atoms with Crippen molar-refractivity contribution in [3.8, 4) is 5.75 Å². The van der Waals surface area contributed by atoms with Gasteiger partial charge in [0, 0.05) is 6.20 Å². The molecule has 3 N–H and O–H groups in total. The first kappa shape index (κ1) is 16.8. The number of rotatable bonds is 4. The van der Waals surface area contributed by atoms with Gasteiger partial charge in [0.25, 0.3) is 0 Å². The van der Waals surface area contributed by atoms with Gasteiger partial charge in [-0.25, -0.2) is 4.98 Å². The van der Waals surface area contributed by atoms with Crippen molar-refractivity contribution in [1.29, 1.82) is 0 Å². The predicted molar refractivity (Wildman–Crippen MR) is 86.3 cm³/mol. The van der Waals surface area contributed by atoms with Crippen molar-refractivity contribution in [3.63, 3.8) is 0 Å². The summed E-state index contributed by atoms with van der Waals surface area (Å²) in [6, 6.07) is 1.75. The van der Waals surface area contributed by atoms with E-state index in [0.29, 0.717) is 17.0 Å². The topological polar surface area (TPSA) is 86.8 Å². The van der Waals surface area contributed by atoms with E-state index in [1.165, 1.54) is 7.11 Å². The Morgan fingerprint density at radius 1 is 1.36 bits per heavy atom. The van der Waals surface area contributed by atoms with Crippen LogP contribution < -0.4 is 10.5 Å². The molecular formula is C15H23BN2O4. The summed E-state index contributed by atoms with van der Waals surface area (Å²) in [5.41, 5.74) is 6.16. The van der Waals surface area contributed by atoms with Crippen molar-refractivity contribution in [3.05, 3.63) is 23.3 Å². The monoisotopic (exact) mass is 306 g/mol. The van der Waals surface area contributed by atoms with Gasteiger partial charge in [0.15, 0.2) is 11.6 Å². The Bertz CT molecular complexity index is 571. The largest absolute Gasteiger partial charge is 0.493 e. The average Bonchev–Trinajstić information content (AvgIpc) is 2.66. The molecule has 1 saturated heterocycles. The SMILES string of the molecule is COc1cc(C=C(CO)B2OC(C)(C)C(C)(C)O2)cnc1N. The van der Waals surface area contributed by atoms with Gasteiger partial charge < -0.3 is 24.9 Å². The van der Waals surface area contributed by atoms with E-state index in [-0.39, 0.29) is 6.61 Å². The third-order valence-electron chi connectivity index (χ3n) is 4.21. The van der Waals surface area contributed by atoms with E-state index in [4.69, 9.17) is 19.8 Å². The lowest BCUT2D eigenvalue weighted by atomic mass is 9.77. The Hall–Kier alpha value is -1.57. The van der Waals surface area contributed by atoms with Crippen molar-refractivity contribution >= 4 is 19.0 Å². The smallest absolute Gasteiger partial charge is 0.492 e. The molecule has 7 heteroatoms. The molecule has 1 aromatic rings. The molecule has 1 aliphatic rings. The Morgan fingerprint density at radius 3 is 2.45 bits per heavy atom. The first-order valence-corrected chi connectivity index (χ1v) is 7.16. The zero-order chi connectivity index (χ0) is 16.5. The lowest BCUT2D eigenvalue weighted by Crippen LogP contribution is -2.41. The Balaban J connectivity index is 2.29. The molecule has 120 valence electrons. The van der Waals surface area contributed by atoms with Gasteiger partial charge in [-0.3, -0.25) is 0 Å². The van der Waals surface area contributed by atoms with Crippen molar-refractivity contribution in [1.82, 2.24) is 4.98 Å². The van der Waals surface area contributed by atoms with Gasteiger partial charge in [0.05, 0.1) is 24.9 Å². The normalized spacial score (nSPS) is 20.3. The van der Waals surface area contributed by atoms with Crippen molar-refractivity contribution in [2.75, 3.05) is 19.5 Å². The molecule has 0 amide bonds. The standard InChI is InChI=1S/C15H23BN2O4/c1-14(2)15(3,4)22-16(21-14)11(9-19)6-10-7-12(20-5)13(17)18-8-10/h6-8,19H,9H2,1-5H3,(H2,17,18). The van der Waals surface area contributed by atoms with Crippen LogP contribution in [-0.4, -0.2) is 42.1 Å². The van der Waals surface area contributed by atoms with Crippen LogP contribution in [0.1, 0.15) is 33.3 Å². The quantitative estimate of drug-likeness (QED) is 0.823. The third kappa shape index (κ3) is 3.11. The lowest BCUT2D eigenvalue weighted by Gasteiger charge is -2.32. The van der Waals surface area contributed by atoms with Crippen LogP contribution in [0.2, 0.25) is 0 Å². The maximum atomic E-state index is 9.66. The van der Waals surface area contributed by atoms with Crippen LogP contribution in [0.3, 0.4) is 0 Å². The number of aliphatic hydroxyl groups is 1. The molecular weight excluding hydrogens is 283 g/mol. The third-order valence-corrected chi connectivity index (χ3v) is 4.21. The minimum absolute atomic E-state index is 0.177. The summed E-state index contributed by atoms with van der Waals surface area (Å²) in [6.45, 7) is 7.70. The van der Waals surface area contributed by atoms with Crippen molar-refractivity contribution < 1.29 is 19.2 Å². The maximum absolute atomic E-state index is 9.66. The zero-order valence-electron chi connectivity index (χ0n) is 13.7. The van der Waals surface area contributed by atoms with Gasteiger partial charge in [-0.2, -0.15) is 0 Å². The van der Waals surface area contributed by atoms with Crippen molar-refractivity contribution in [2.24, 2.45) is 0 Å². The number of hydrogen-bond donors (Lipinski definition) is 2. The van der Waals surface area contributed by atoms with Gasteiger partial charge in [0.1, 0.15) is 0 Å². The average molecular weight is 306 g/mol. The number of anilines is 1. The van der Waals surface area contributed by atoms with E-state index in [0.717, 1.165) is 5.56 Å². The molecule has 0 unspecified atom stereocenters. The summed E-state index contributed by atoms with van der Waals surface area (Å²) in [4.78, 5) is 4.07. The number of nitrogens with two attached hydrogens (primary N) is 1. The predicted octanol–water partition coefficient (Wildman–Crippen LogP) is 1.68. The molecule has 2 rings (SSSR count). The van der Waals surface area contributed by atoms with E-state index >= 15 is 0 Å². The minimum atomic E-state index is -0.599. The first-order valence-electron chi connectivity index (χ1n) is 7.16. The molecule has 1 aromatic heterocycles. The van der Waals surface area contributed by atoms with Crippen LogP contribution in [0.15, 0.2) is 17.7 Å². The van der Waals surface area contributed by atoms with Crippen LogP contribution >= 0.6 is 0 Å². The van der Waals surface area contributed by atoms with Crippen LogP contribution in [0.4, 0.5) is 5.82 Å². The fraction of sp³-hybridized carbons (Fsp3) is 0.533. The molecule has 0 saturated carbocycles. The molecule has 0 bridgehead atoms. The number of ether oxygens (including phenoxy) is 1. The Kier molecular flexibility index (Phi) is 4.51. The number of hydrogen-bond acceptors (Lipinski definition) is 6. The number of nitrogens with zero attached hydrogens (tertiary/aromatic N) is 1. The Labute approximate surface area is 131 Å². The zero-order valence-corrected chi connectivity index (χ0v) is 13.7. The van der Waals surface area contributed by atoms with Crippen LogP contribution in [0.25, 0.3) is 6.08 Å². The number of methoxy groups -OCH3 is 1. The summed E-state index contributed by atoms with van der Waals surface area (Å²) >= 11 is 0. The van der Waals surface area contributed by atoms with Crippen LogP contribution in [0, 0.1) is 0 Å². The first-order chi connectivity index (χ1) is 10.2. The summed E-state index contributed by atoms with van der Waals surface area (Å²) in [5.74, 6) is 0.806. The summed E-state index contributed by atoms with van der Waals surface area (Å²) in [6.07, 6.45) is 3.38. The van der Waals surface area contributed by atoms with E-state index in [9.17, 15) is 5.11 Å². The fourth-order valence-electron chi connectivity index (χ4n) is 2.11. The van der Waals surface area contributed by atoms with E-state index < -0.39 is 18.3 Å². The second-order valence-electron chi connectivity index (χ2n) is 6.32. The molecule has 0 atom stereocenters. The molecule has 0 radical (unpaired) electrons. The van der Waals surface area contributed by atoms with Crippen LogP contribution in [-0.2, 0) is 9.31 Å². The molecule has 6 nitrogen and oxygen atoms in total. The highest BCUT2D eigenvalue weighted by Gasteiger charge is 2.52. The molecule has 0 spiro atoms. The fourth-order valence-corrected chi connectivity index (χ4v) is 2.11. The van der Waals surface area contributed by atoms with Gasteiger partial charge in [0.2, 0.25) is 0 Å².